The SMILES string of the molecule is O=C(O)NCC(Cc1ccccc1)NC(=O)c1nc(Br)cs1. The maximum atomic E-state index is 12.1. The Labute approximate surface area is 139 Å². The Balaban J connectivity index is 2.03. The summed E-state index contributed by atoms with van der Waals surface area (Å²) in [5.41, 5.74) is 1.01. The Kier molecular flexibility index (Phi) is 5.91. The second kappa shape index (κ2) is 7.90. The molecule has 0 radical (unpaired) electrons. The zero-order valence-electron chi connectivity index (χ0n) is 11.5. The molecule has 22 heavy (non-hydrogen) atoms. The molecule has 2 amide bonds. The number of aromatic nitrogens is 1. The third-order valence-electron chi connectivity index (χ3n) is 2.83. The molecule has 116 valence electrons. The molecule has 2 aromatic rings. The third-order valence-corrected chi connectivity index (χ3v) is 4.38. The van der Waals surface area contributed by atoms with Gasteiger partial charge in [0.15, 0.2) is 5.01 Å². The van der Waals surface area contributed by atoms with Crippen molar-refractivity contribution in [3.05, 3.63) is 50.9 Å². The second-order valence-electron chi connectivity index (χ2n) is 4.52. The predicted octanol–water partition coefficient (Wildman–Crippen LogP) is 2.51. The van der Waals surface area contributed by atoms with Crippen LogP contribution >= 0.6 is 27.3 Å². The molecule has 1 atom stereocenters. The van der Waals surface area contributed by atoms with Gasteiger partial charge in [0.25, 0.3) is 5.91 Å². The number of halogens is 1. The fraction of sp³-hybridized carbons (Fsp3) is 0.214. The van der Waals surface area contributed by atoms with Crippen molar-refractivity contribution >= 4 is 39.3 Å². The van der Waals surface area contributed by atoms with Gasteiger partial charge >= 0.3 is 6.09 Å². The first-order valence-electron chi connectivity index (χ1n) is 6.47. The van der Waals surface area contributed by atoms with E-state index in [2.05, 4.69) is 31.5 Å². The van der Waals surface area contributed by atoms with E-state index in [0.717, 1.165) is 5.56 Å². The summed E-state index contributed by atoms with van der Waals surface area (Å²) in [5.74, 6) is -0.316. The van der Waals surface area contributed by atoms with Crippen LogP contribution in [0, 0.1) is 0 Å². The van der Waals surface area contributed by atoms with E-state index < -0.39 is 6.09 Å². The van der Waals surface area contributed by atoms with Gasteiger partial charge in [-0.3, -0.25) is 4.79 Å². The van der Waals surface area contributed by atoms with Gasteiger partial charge in [0, 0.05) is 11.9 Å². The zero-order valence-corrected chi connectivity index (χ0v) is 13.9. The molecule has 1 heterocycles. The third kappa shape index (κ3) is 5.12. The van der Waals surface area contributed by atoms with Crippen molar-refractivity contribution in [2.45, 2.75) is 12.5 Å². The summed E-state index contributed by atoms with van der Waals surface area (Å²) in [6, 6.07) is 9.21. The average Bonchev–Trinajstić information content (AvgIpc) is 2.92. The van der Waals surface area contributed by atoms with Crippen LogP contribution in [0.25, 0.3) is 0 Å². The number of hydrogen-bond acceptors (Lipinski definition) is 4. The molecule has 0 fully saturated rings. The molecule has 2 rings (SSSR count). The van der Waals surface area contributed by atoms with Gasteiger partial charge in [0.05, 0.1) is 6.04 Å². The molecule has 1 aromatic heterocycles. The van der Waals surface area contributed by atoms with Crippen molar-refractivity contribution in [3.63, 3.8) is 0 Å². The van der Waals surface area contributed by atoms with E-state index >= 15 is 0 Å². The molecule has 0 saturated heterocycles. The lowest BCUT2D eigenvalue weighted by Crippen LogP contribution is -2.44. The molecule has 0 saturated carbocycles. The molecule has 0 bridgehead atoms. The first kappa shape index (κ1) is 16.4. The minimum Gasteiger partial charge on any atom is -0.465 e. The number of nitrogens with one attached hydrogen (secondary N) is 2. The summed E-state index contributed by atoms with van der Waals surface area (Å²) in [5, 5.41) is 15.9. The van der Waals surface area contributed by atoms with Gasteiger partial charge in [-0.2, -0.15) is 0 Å². The van der Waals surface area contributed by atoms with E-state index in [0.29, 0.717) is 16.0 Å². The quantitative estimate of drug-likeness (QED) is 0.714. The smallest absolute Gasteiger partial charge is 0.404 e. The standard InChI is InChI=1S/C14H14BrN3O3S/c15-11-8-22-13(18-11)12(19)17-10(7-16-14(20)21)6-9-4-2-1-3-5-9/h1-5,8,10,16H,6-7H2,(H,17,19)(H,20,21). The minimum atomic E-state index is -1.12. The van der Waals surface area contributed by atoms with Crippen LogP contribution < -0.4 is 10.6 Å². The lowest BCUT2D eigenvalue weighted by Gasteiger charge is -2.18. The lowest BCUT2D eigenvalue weighted by molar-refractivity contribution is 0.0934. The highest BCUT2D eigenvalue weighted by atomic mass is 79.9. The number of carbonyl (C=O) groups excluding carboxylic acids is 1. The highest BCUT2D eigenvalue weighted by molar-refractivity contribution is 9.10. The van der Waals surface area contributed by atoms with Gasteiger partial charge < -0.3 is 15.7 Å². The number of nitrogens with zero attached hydrogens (tertiary/aromatic N) is 1. The number of carboxylic acid groups (broad SMARTS) is 1. The Morgan fingerprint density at radius 3 is 2.64 bits per heavy atom. The van der Waals surface area contributed by atoms with E-state index in [1.54, 1.807) is 5.38 Å². The maximum Gasteiger partial charge on any atom is 0.404 e. The monoisotopic (exact) mass is 383 g/mol. The molecular weight excluding hydrogens is 370 g/mol. The second-order valence-corrected chi connectivity index (χ2v) is 6.19. The average molecular weight is 384 g/mol. The summed E-state index contributed by atoms with van der Waals surface area (Å²) < 4.78 is 0.603. The highest BCUT2D eigenvalue weighted by Gasteiger charge is 2.17. The van der Waals surface area contributed by atoms with Gasteiger partial charge in [-0.15, -0.1) is 11.3 Å². The van der Waals surface area contributed by atoms with Gasteiger partial charge in [-0.25, -0.2) is 9.78 Å². The summed E-state index contributed by atoms with van der Waals surface area (Å²) in [4.78, 5) is 26.9. The molecule has 0 aliphatic rings. The fourth-order valence-electron chi connectivity index (χ4n) is 1.89. The number of hydrogen-bond donors (Lipinski definition) is 3. The van der Waals surface area contributed by atoms with Gasteiger partial charge in [0.1, 0.15) is 4.60 Å². The number of amides is 2. The van der Waals surface area contributed by atoms with Crippen molar-refractivity contribution < 1.29 is 14.7 Å². The van der Waals surface area contributed by atoms with Crippen molar-refractivity contribution in [2.24, 2.45) is 0 Å². The predicted molar refractivity (Wildman–Crippen MR) is 87.2 cm³/mol. The van der Waals surface area contributed by atoms with Crippen LogP contribution in [0.3, 0.4) is 0 Å². The number of carbonyl (C=O) groups is 2. The summed E-state index contributed by atoms with van der Waals surface area (Å²) in [6.07, 6.45) is -0.594. The Hall–Kier alpha value is -1.93. The molecule has 0 aliphatic carbocycles. The van der Waals surface area contributed by atoms with Crippen LogP contribution in [0.15, 0.2) is 40.3 Å². The molecule has 0 aliphatic heterocycles. The normalized spacial score (nSPS) is 11.7. The van der Waals surface area contributed by atoms with Crippen LogP contribution in [-0.2, 0) is 6.42 Å². The van der Waals surface area contributed by atoms with Gasteiger partial charge in [-0.05, 0) is 27.9 Å². The Bertz CT molecular complexity index is 648. The number of thiazole rings is 1. The van der Waals surface area contributed by atoms with E-state index in [-0.39, 0.29) is 18.5 Å². The molecule has 1 aromatic carbocycles. The first-order valence-corrected chi connectivity index (χ1v) is 8.14. The van der Waals surface area contributed by atoms with Crippen LogP contribution in [0.1, 0.15) is 15.4 Å². The summed E-state index contributed by atoms with van der Waals surface area (Å²) >= 11 is 4.42. The largest absolute Gasteiger partial charge is 0.465 e. The Morgan fingerprint density at radius 2 is 2.05 bits per heavy atom. The molecule has 8 heteroatoms. The topological polar surface area (TPSA) is 91.3 Å². The van der Waals surface area contributed by atoms with Crippen molar-refractivity contribution in [2.75, 3.05) is 6.54 Å². The molecule has 6 nitrogen and oxygen atoms in total. The molecule has 1 unspecified atom stereocenters. The van der Waals surface area contributed by atoms with Crippen LogP contribution in [0.4, 0.5) is 4.79 Å². The lowest BCUT2D eigenvalue weighted by atomic mass is 10.1. The van der Waals surface area contributed by atoms with E-state index in [4.69, 9.17) is 5.11 Å². The number of benzene rings is 1. The summed E-state index contributed by atoms with van der Waals surface area (Å²) in [6.45, 7) is 0.127. The maximum absolute atomic E-state index is 12.1. The fourth-order valence-corrected chi connectivity index (χ4v) is 3.04. The summed E-state index contributed by atoms with van der Waals surface area (Å²) in [7, 11) is 0. The van der Waals surface area contributed by atoms with E-state index in [1.807, 2.05) is 30.3 Å². The van der Waals surface area contributed by atoms with Crippen LogP contribution in [0.2, 0.25) is 0 Å². The number of rotatable bonds is 6. The molecular formula is C14H14BrN3O3S. The van der Waals surface area contributed by atoms with E-state index in [1.165, 1.54) is 11.3 Å². The zero-order chi connectivity index (χ0) is 15.9. The van der Waals surface area contributed by atoms with Crippen molar-refractivity contribution in [1.82, 2.24) is 15.6 Å². The van der Waals surface area contributed by atoms with Crippen molar-refractivity contribution in [1.29, 1.82) is 0 Å². The van der Waals surface area contributed by atoms with E-state index in [9.17, 15) is 9.59 Å². The first-order chi connectivity index (χ1) is 10.5. The Morgan fingerprint density at radius 1 is 1.32 bits per heavy atom. The minimum absolute atomic E-state index is 0.127. The van der Waals surface area contributed by atoms with Crippen LogP contribution in [-0.4, -0.2) is 34.7 Å². The molecule has 0 spiro atoms. The highest BCUT2D eigenvalue weighted by Crippen LogP contribution is 2.15. The van der Waals surface area contributed by atoms with Crippen molar-refractivity contribution in [3.8, 4) is 0 Å². The molecule has 3 N–H and O–H groups in total. The van der Waals surface area contributed by atoms with Gasteiger partial charge in [0.2, 0.25) is 0 Å². The van der Waals surface area contributed by atoms with Crippen LogP contribution in [0.5, 0.6) is 0 Å². The van der Waals surface area contributed by atoms with Gasteiger partial charge in [-0.1, -0.05) is 30.3 Å².